The Morgan fingerprint density at radius 2 is 2.23 bits per heavy atom. The first kappa shape index (κ1) is 16.0. The van der Waals surface area contributed by atoms with Crippen LogP contribution in [-0.2, 0) is 19.2 Å². The highest BCUT2D eigenvalue weighted by Gasteiger charge is 2.25. The molecule has 3 N–H and O–H groups in total. The Morgan fingerprint density at radius 3 is 2.86 bits per heavy atom. The van der Waals surface area contributed by atoms with Crippen LogP contribution in [0.25, 0.3) is 0 Å². The summed E-state index contributed by atoms with van der Waals surface area (Å²) in [7, 11) is 1.75. The Hall–Kier alpha value is -2.41. The van der Waals surface area contributed by atoms with Gasteiger partial charge < -0.3 is 15.7 Å². The van der Waals surface area contributed by atoms with E-state index in [4.69, 9.17) is 0 Å². The number of aryl methyl sites for hydroxylation is 1. The lowest BCUT2D eigenvalue weighted by atomic mass is 10.00. The number of halogens is 1. The molecule has 0 bridgehead atoms. The van der Waals surface area contributed by atoms with Crippen LogP contribution < -0.4 is 10.6 Å². The van der Waals surface area contributed by atoms with Crippen LogP contribution in [-0.4, -0.2) is 27.5 Å². The second-order valence-electron chi connectivity index (χ2n) is 5.34. The second kappa shape index (κ2) is 6.57. The minimum atomic E-state index is -1.22. The number of aromatic nitrogens is 2. The largest absolute Gasteiger partial charge is 0.383 e. The summed E-state index contributed by atoms with van der Waals surface area (Å²) in [4.78, 5) is 11.7. The van der Waals surface area contributed by atoms with Crippen LogP contribution in [0.4, 0.5) is 9.18 Å². The van der Waals surface area contributed by atoms with Crippen molar-refractivity contribution < 1.29 is 14.3 Å². The van der Waals surface area contributed by atoms with Crippen molar-refractivity contribution in [3.8, 4) is 0 Å². The summed E-state index contributed by atoms with van der Waals surface area (Å²) in [5.74, 6) is -0.348. The number of carbonyl (C=O) groups excluding carboxylic acids is 1. The molecule has 0 spiro atoms. The van der Waals surface area contributed by atoms with Gasteiger partial charge in [0.1, 0.15) is 11.4 Å². The first-order valence-electron chi connectivity index (χ1n) is 6.84. The van der Waals surface area contributed by atoms with Gasteiger partial charge in [-0.3, -0.25) is 4.68 Å². The van der Waals surface area contributed by atoms with E-state index in [1.165, 1.54) is 12.1 Å². The van der Waals surface area contributed by atoms with Crippen molar-refractivity contribution in [2.75, 3.05) is 6.54 Å². The van der Waals surface area contributed by atoms with Gasteiger partial charge in [0.25, 0.3) is 0 Å². The minimum Gasteiger partial charge on any atom is -0.383 e. The normalized spacial score (nSPS) is 13.5. The van der Waals surface area contributed by atoms with Gasteiger partial charge in [0.15, 0.2) is 0 Å². The minimum absolute atomic E-state index is 0.0354. The van der Waals surface area contributed by atoms with Crippen molar-refractivity contribution in [1.29, 1.82) is 0 Å². The Balaban J connectivity index is 1.82. The number of nitrogens with one attached hydrogen (secondary N) is 2. The zero-order valence-corrected chi connectivity index (χ0v) is 12.5. The Labute approximate surface area is 128 Å². The Morgan fingerprint density at radius 1 is 1.45 bits per heavy atom. The molecule has 0 aliphatic carbocycles. The fourth-order valence-corrected chi connectivity index (χ4v) is 1.95. The number of rotatable bonds is 5. The van der Waals surface area contributed by atoms with E-state index in [0.717, 1.165) is 0 Å². The molecule has 1 unspecified atom stereocenters. The van der Waals surface area contributed by atoms with Crippen molar-refractivity contribution in [2.24, 2.45) is 7.05 Å². The molecule has 7 heteroatoms. The fourth-order valence-electron chi connectivity index (χ4n) is 1.95. The smallest absolute Gasteiger partial charge is 0.315 e. The molecular weight excluding hydrogens is 287 g/mol. The van der Waals surface area contributed by atoms with Crippen LogP contribution in [0.5, 0.6) is 0 Å². The highest BCUT2D eigenvalue weighted by molar-refractivity contribution is 5.73. The molecule has 118 valence electrons. The number of carbonyl (C=O) groups is 1. The van der Waals surface area contributed by atoms with E-state index in [9.17, 15) is 14.3 Å². The Bertz CT molecular complexity index is 654. The average molecular weight is 306 g/mol. The molecule has 1 aromatic heterocycles. The van der Waals surface area contributed by atoms with Gasteiger partial charge in [0.2, 0.25) is 0 Å². The van der Waals surface area contributed by atoms with Crippen molar-refractivity contribution in [3.05, 3.63) is 53.6 Å². The quantitative estimate of drug-likeness (QED) is 0.778. The SMILES string of the molecule is Cn1cc(C(C)(O)CNC(=O)NCc2cccc(F)c2)cn1. The van der Waals surface area contributed by atoms with E-state index in [2.05, 4.69) is 15.7 Å². The van der Waals surface area contributed by atoms with Crippen LogP contribution in [0, 0.1) is 5.82 Å². The number of hydrogen-bond donors (Lipinski definition) is 3. The zero-order chi connectivity index (χ0) is 16.2. The van der Waals surface area contributed by atoms with Crippen LogP contribution in [0.2, 0.25) is 0 Å². The molecule has 0 saturated heterocycles. The molecule has 0 fully saturated rings. The van der Waals surface area contributed by atoms with Gasteiger partial charge in [0, 0.05) is 25.4 Å². The lowest BCUT2D eigenvalue weighted by Crippen LogP contribution is -2.43. The van der Waals surface area contributed by atoms with E-state index in [0.29, 0.717) is 11.1 Å². The zero-order valence-electron chi connectivity index (χ0n) is 12.5. The number of amides is 2. The van der Waals surface area contributed by atoms with Crippen molar-refractivity contribution in [3.63, 3.8) is 0 Å². The highest BCUT2D eigenvalue weighted by Crippen LogP contribution is 2.18. The highest BCUT2D eigenvalue weighted by atomic mass is 19.1. The maximum atomic E-state index is 13.0. The van der Waals surface area contributed by atoms with Gasteiger partial charge in [0.05, 0.1) is 12.7 Å². The van der Waals surface area contributed by atoms with Crippen molar-refractivity contribution in [1.82, 2.24) is 20.4 Å². The third-order valence-electron chi connectivity index (χ3n) is 3.26. The molecule has 0 aliphatic rings. The number of nitrogens with zero attached hydrogens (tertiary/aromatic N) is 2. The number of benzene rings is 1. The molecule has 2 rings (SSSR count). The van der Waals surface area contributed by atoms with Crippen LogP contribution in [0.3, 0.4) is 0 Å². The molecule has 0 radical (unpaired) electrons. The van der Waals surface area contributed by atoms with Gasteiger partial charge in [-0.1, -0.05) is 12.1 Å². The second-order valence-corrected chi connectivity index (χ2v) is 5.34. The molecule has 22 heavy (non-hydrogen) atoms. The number of hydrogen-bond acceptors (Lipinski definition) is 3. The molecule has 0 aliphatic heterocycles. The summed E-state index contributed by atoms with van der Waals surface area (Å²) < 4.78 is 14.6. The van der Waals surface area contributed by atoms with Crippen LogP contribution in [0.1, 0.15) is 18.1 Å². The predicted molar refractivity (Wildman–Crippen MR) is 79.4 cm³/mol. The summed E-state index contributed by atoms with van der Waals surface area (Å²) in [6, 6.07) is 5.56. The monoisotopic (exact) mass is 306 g/mol. The van der Waals surface area contributed by atoms with Gasteiger partial charge in [-0.05, 0) is 24.6 Å². The average Bonchev–Trinajstić information content (AvgIpc) is 2.91. The lowest BCUT2D eigenvalue weighted by molar-refractivity contribution is 0.0593. The third-order valence-corrected chi connectivity index (χ3v) is 3.26. The topological polar surface area (TPSA) is 79.2 Å². The first-order valence-corrected chi connectivity index (χ1v) is 6.84. The van der Waals surface area contributed by atoms with Crippen LogP contribution >= 0.6 is 0 Å². The van der Waals surface area contributed by atoms with Crippen molar-refractivity contribution >= 4 is 6.03 Å². The molecule has 1 atom stereocenters. The van der Waals surface area contributed by atoms with Gasteiger partial charge in [-0.15, -0.1) is 0 Å². The van der Waals surface area contributed by atoms with E-state index in [1.807, 2.05) is 0 Å². The van der Waals surface area contributed by atoms with Gasteiger partial charge in [-0.25, -0.2) is 9.18 Å². The van der Waals surface area contributed by atoms with E-state index >= 15 is 0 Å². The van der Waals surface area contributed by atoms with E-state index in [-0.39, 0.29) is 18.9 Å². The van der Waals surface area contributed by atoms with E-state index < -0.39 is 11.6 Å². The van der Waals surface area contributed by atoms with Gasteiger partial charge >= 0.3 is 6.03 Å². The lowest BCUT2D eigenvalue weighted by Gasteiger charge is -2.22. The molecule has 2 amide bonds. The standard InChI is InChI=1S/C15H19FN4O2/c1-15(22,12-8-19-20(2)9-12)10-18-14(21)17-7-11-4-3-5-13(16)6-11/h3-6,8-9,22H,7,10H2,1-2H3,(H2,17,18,21). The van der Waals surface area contributed by atoms with E-state index in [1.54, 1.807) is 43.2 Å². The molecule has 1 aromatic carbocycles. The predicted octanol–water partition coefficient (Wildman–Crippen LogP) is 1.27. The molecular formula is C15H19FN4O2. The molecule has 0 saturated carbocycles. The molecule has 6 nitrogen and oxygen atoms in total. The molecule has 2 aromatic rings. The summed E-state index contributed by atoms with van der Waals surface area (Å²) in [6.45, 7) is 1.84. The maximum absolute atomic E-state index is 13.0. The summed E-state index contributed by atoms with van der Waals surface area (Å²) >= 11 is 0. The third kappa shape index (κ3) is 4.29. The number of urea groups is 1. The summed E-state index contributed by atoms with van der Waals surface area (Å²) in [5.41, 5.74) is 0.0550. The summed E-state index contributed by atoms with van der Waals surface area (Å²) in [5, 5.41) is 19.5. The van der Waals surface area contributed by atoms with Gasteiger partial charge in [-0.2, -0.15) is 5.10 Å². The molecule has 1 heterocycles. The number of aliphatic hydroxyl groups is 1. The maximum Gasteiger partial charge on any atom is 0.315 e. The Kier molecular flexibility index (Phi) is 4.77. The summed E-state index contributed by atoms with van der Waals surface area (Å²) in [6.07, 6.45) is 3.23. The van der Waals surface area contributed by atoms with Crippen molar-refractivity contribution in [2.45, 2.75) is 19.1 Å². The van der Waals surface area contributed by atoms with Crippen LogP contribution in [0.15, 0.2) is 36.7 Å². The fraction of sp³-hybridized carbons (Fsp3) is 0.333. The first-order chi connectivity index (χ1) is 10.4.